The molecule has 10 heteroatoms. The molecule has 10 nitrogen and oxygen atoms in total. The third-order valence-corrected chi connectivity index (χ3v) is 9.98. The van der Waals surface area contributed by atoms with Crippen LogP contribution in [0.4, 0.5) is 0 Å². The first-order chi connectivity index (χ1) is 21.8. The van der Waals surface area contributed by atoms with Gasteiger partial charge in [-0.15, -0.1) is 0 Å². The molecule has 0 radical (unpaired) electrons. The van der Waals surface area contributed by atoms with E-state index in [0.717, 1.165) is 55.4 Å². The lowest BCUT2D eigenvalue weighted by Gasteiger charge is -2.29. The summed E-state index contributed by atoms with van der Waals surface area (Å²) in [5, 5.41) is 14.6. The van der Waals surface area contributed by atoms with Gasteiger partial charge in [-0.05, 0) is 84.9 Å². The van der Waals surface area contributed by atoms with E-state index in [2.05, 4.69) is 34.5 Å². The van der Waals surface area contributed by atoms with Crippen LogP contribution in [0.2, 0.25) is 0 Å². The summed E-state index contributed by atoms with van der Waals surface area (Å²) in [4.78, 5) is 45.8. The minimum absolute atomic E-state index is 0.0941. The maximum Gasteiger partial charge on any atom is 0.255 e. The van der Waals surface area contributed by atoms with E-state index in [-0.39, 0.29) is 36.4 Å². The molecule has 4 heterocycles. The first-order valence-corrected chi connectivity index (χ1v) is 16.1. The fraction of sp³-hybridized carbons (Fsp3) is 0.486. The van der Waals surface area contributed by atoms with Gasteiger partial charge in [-0.25, -0.2) is 0 Å². The van der Waals surface area contributed by atoms with E-state index >= 15 is 0 Å². The van der Waals surface area contributed by atoms with Crippen molar-refractivity contribution in [3.05, 3.63) is 71.0 Å². The highest BCUT2D eigenvalue weighted by Crippen LogP contribution is 2.35. The number of benzene rings is 2. The quantitative estimate of drug-likeness (QED) is 0.371. The van der Waals surface area contributed by atoms with Gasteiger partial charge < -0.3 is 19.5 Å². The van der Waals surface area contributed by atoms with Gasteiger partial charge in [-0.1, -0.05) is 12.1 Å². The average Bonchev–Trinajstić information content (AvgIpc) is 3.56. The molecule has 1 aliphatic carbocycles. The molecule has 45 heavy (non-hydrogen) atoms. The lowest BCUT2D eigenvalue weighted by molar-refractivity contribution is -0.136. The molecule has 3 aromatic rings. The number of fused-ring (bicyclic) bond motifs is 2. The normalized spacial score (nSPS) is 27.2. The van der Waals surface area contributed by atoms with Crippen molar-refractivity contribution in [1.29, 1.82) is 0 Å². The second kappa shape index (κ2) is 12.5. The number of aliphatic hydroxyl groups is 1. The lowest BCUT2D eigenvalue weighted by Crippen LogP contribution is -2.52. The molecule has 3 fully saturated rings. The molecule has 7 rings (SSSR count). The van der Waals surface area contributed by atoms with Crippen molar-refractivity contribution in [2.45, 2.75) is 75.8 Å². The third kappa shape index (κ3) is 6.19. The number of hydrogen-bond acceptors (Lipinski definition) is 8. The summed E-state index contributed by atoms with van der Waals surface area (Å²) >= 11 is 0. The van der Waals surface area contributed by atoms with Crippen LogP contribution in [0.25, 0.3) is 10.8 Å². The first-order valence-electron chi connectivity index (χ1n) is 16.1. The van der Waals surface area contributed by atoms with Crippen LogP contribution in [0.3, 0.4) is 0 Å². The van der Waals surface area contributed by atoms with Crippen LogP contribution in [-0.4, -0.2) is 82.7 Å². The summed E-state index contributed by atoms with van der Waals surface area (Å²) in [6.07, 6.45) is 6.11. The van der Waals surface area contributed by atoms with E-state index in [1.165, 1.54) is 10.9 Å². The molecular formula is C35H40N4O6. The Labute approximate surface area is 262 Å². The molecule has 4 aliphatic rings. The zero-order valence-electron chi connectivity index (χ0n) is 25.6. The molecule has 3 amide bonds. The van der Waals surface area contributed by atoms with Crippen LogP contribution in [0.1, 0.15) is 71.6 Å². The molecule has 236 valence electrons. The fourth-order valence-electron chi connectivity index (χ4n) is 7.55. The van der Waals surface area contributed by atoms with Crippen LogP contribution < -0.4 is 10.1 Å². The Hall–Kier alpha value is -3.86. The summed E-state index contributed by atoms with van der Waals surface area (Å²) in [5.74, 6) is 0.461. The van der Waals surface area contributed by atoms with Gasteiger partial charge in [0, 0.05) is 62.8 Å². The monoisotopic (exact) mass is 612 g/mol. The maximum atomic E-state index is 13.1. The van der Waals surface area contributed by atoms with E-state index in [9.17, 15) is 19.5 Å². The SMILES string of the molecule is COC[C@@H]1CN(Cc2cc3ccc(C4CCC(O)CC4)cc3cn2)C[C@H]1Oc1ccc2c(c1)CN([C@H]1CCC(=O)NC1=O)C2=O. The third-order valence-electron chi connectivity index (χ3n) is 9.98. The number of carbonyl (C=O) groups excluding carboxylic acids is 3. The van der Waals surface area contributed by atoms with Crippen molar-refractivity contribution in [2.24, 2.45) is 5.92 Å². The number of ether oxygens (including phenoxy) is 2. The van der Waals surface area contributed by atoms with Crippen molar-refractivity contribution < 1.29 is 29.0 Å². The number of methoxy groups -OCH3 is 1. The van der Waals surface area contributed by atoms with Crippen molar-refractivity contribution >= 4 is 28.5 Å². The molecule has 3 aliphatic heterocycles. The minimum atomic E-state index is -0.640. The number of carbonyl (C=O) groups is 3. The number of aromatic nitrogens is 1. The number of nitrogens with one attached hydrogen (secondary N) is 1. The average molecular weight is 613 g/mol. The van der Waals surface area contributed by atoms with E-state index in [0.29, 0.717) is 43.3 Å². The van der Waals surface area contributed by atoms with Crippen molar-refractivity contribution in [1.82, 2.24) is 20.1 Å². The molecule has 2 aromatic carbocycles. The molecular weight excluding hydrogens is 572 g/mol. The highest BCUT2D eigenvalue weighted by molar-refractivity contribution is 6.05. The summed E-state index contributed by atoms with van der Waals surface area (Å²) in [6.45, 7) is 3.13. The van der Waals surface area contributed by atoms with Crippen molar-refractivity contribution in [3.8, 4) is 5.75 Å². The standard InChI is InChI=1S/C35H40N4O6/c1-44-20-26-16-38(18-27-13-23-3-2-22(12-24(23)15-36-27)21-4-6-28(40)7-5-21)19-32(26)45-29-8-9-30-25(14-29)17-39(35(30)43)31-10-11-33(41)37-34(31)42/h2-3,8-9,12-15,21,26,28,31-32,40H,4-7,10-11,16-20H2,1H3,(H,37,41,42)/t21?,26-,28?,31-,32+/m0/s1. The second-order valence-electron chi connectivity index (χ2n) is 13.1. The lowest BCUT2D eigenvalue weighted by atomic mass is 9.82. The number of aliphatic hydroxyl groups excluding tert-OH is 1. The summed E-state index contributed by atoms with van der Waals surface area (Å²) < 4.78 is 12.1. The van der Waals surface area contributed by atoms with E-state index in [1.54, 1.807) is 18.1 Å². The molecule has 0 unspecified atom stereocenters. The van der Waals surface area contributed by atoms with Crippen LogP contribution in [-0.2, 0) is 27.4 Å². The van der Waals surface area contributed by atoms with E-state index < -0.39 is 11.9 Å². The molecule has 2 saturated heterocycles. The number of rotatable bonds is 8. The molecule has 3 atom stereocenters. The Balaban J connectivity index is 1.00. The van der Waals surface area contributed by atoms with E-state index in [1.807, 2.05) is 18.3 Å². The second-order valence-corrected chi connectivity index (χ2v) is 13.1. The van der Waals surface area contributed by atoms with Crippen molar-refractivity contribution in [2.75, 3.05) is 26.8 Å². The number of likely N-dealkylation sites (tertiary alicyclic amines) is 1. The number of amides is 3. The molecule has 1 aromatic heterocycles. The van der Waals surface area contributed by atoms with Crippen LogP contribution in [0, 0.1) is 5.92 Å². The highest BCUT2D eigenvalue weighted by Gasteiger charge is 2.40. The Morgan fingerprint density at radius 1 is 0.978 bits per heavy atom. The number of pyridine rings is 1. The Morgan fingerprint density at radius 3 is 2.62 bits per heavy atom. The Bertz CT molecular complexity index is 1620. The van der Waals surface area contributed by atoms with E-state index in [4.69, 9.17) is 14.5 Å². The predicted molar refractivity (Wildman–Crippen MR) is 167 cm³/mol. The predicted octanol–water partition coefficient (Wildman–Crippen LogP) is 3.54. The van der Waals surface area contributed by atoms with Gasteiger partial charge in [0.2, 0.25) is 11.8 Å². The topological polar surface area (TPSA) is 121 Å². The number of nitrogens with zero attached hydrogens (tertiary/aromatic N) is 3. The van der Waals surface area contributed by atoms with Gasteiger partial charge in [-0.3, -0.25) is 29.6 Å². The summed E-state index contributed by atoms with van der Waals surface area (Å²) in [5.41, 5.74) is 3.74. The Kier molecular flexibility index (Phi) is 8.29. The van der Waals surface area contributed by atoms with Gasteiger partial charge in [0.15, 0.2) is 0 Å². The number of imide groups is 1. The molecule has 0 spiro atoms. The number of hydrogen-bond donors (Lipinski definition) is 2. The van der Waals surface area contributed by atoms with Gasteiger partial charge in [0.1, 0.15) is 17.9 Å². The summed E-state index contributed by atoms with van der Waals surface area (Å²) in [7, 11) is 1.71. The van der Waals surface area contributed by atoms with Gasteiger partial charge in [0.25, 0.3) is 5.91 Å². The zero-order valence-corrected chi connectivity index (χ0v) is 25.6. The molecule has 0 bridgehead atoms. The minimum Gasteiger partial charge on any atom is -0.489 e. The molecule has 2 N–H and O–H groups in total. The van der Waals surface area contributed by atoms with Gasteiger partial charge >= 0.3 is 0 Å². The highest BCUT2D eigenvalue weighted by atomic mass is 16.5. The first kappa shape index (κ1) is 29.8. The smallest absolute Gasteiger partial charge is 0.255 e. The van der Waals surface area contributed by atoms with Crippen molar-refractivity contribution in [3.63, 3.8) is 0 Å². The van der Waals surface area contributed by atoms with Gasteiger partial charge in [0.05, 0.1) is 18.4 Å². The maximum absolute atomic E-state index is 13.1. The zero-order chi connectivity index (χ0) is 31.1. The largest absolute Gasteiger partial charge is 0.489 e. The number of piperidine rings is 1. The van der Waals surface area contributed by atoms with Crippen LogP contribution >= 0.6 is 0 Å². The van der Waals surface area contributed by atoms with Crippen LogP contribution in [0.5, 0.6) is 5.75 Å². The Morgan fingerprint density at radius 2 is 1.82 bits per heavy atom. The van der Waals surface area contributed by atoms with Crippen LogP contribution in [0.15, 0.2) is 48.7 Å². The van der Waals surface area contributed by atoms with Gasteiger partial charge in [-0.2, -0.15) is 0 Å². The molecule has 1 saturated carbocycles. The summed E-state index contributed by atoms with van der Waals surface area (Å²) in [6, 6.07) is 13.7. The fourth-order valence-corrected chi connectivity index (χ4v) is 7.55.